The first-order chi connectivity index (χ1) is 8.60. The minimum Gasteiger partial charge on any atom is -0.507 e. The van der Waals surface area contributed by atoms with Gasteiger partial charge in [-0.1, -0.05) is 15.9 Å². The minimum atomic E-state index is -0.242. The summed E-state index contributed by atoms with van der Waals surface area (Å²) in [5, 5.41) is 12.5. The number of phenolic OH excluding ortho intramolecular Hbond substituents is 1. The number of carbonyl (C=O) groups is 1. The van der Waals surface area contributed by atoms with Gasteiger partial charge < -0.3 is 15.2 Å². The molecule has 2 rings (SSSR count). The van der Waals surface area contributed by atoms with Crippen molar-refractivity contribution in [1.82, 2.24) is 5.32 Å². The fourth-order valence-electron chi connectivity index (χ4n) is 2.01. The third-order valence-electron chi connectivity index (χ3n) is 3.04. The Morgan fingerprint density at radius 2 is 2.28 bits per heavy atom. The van der Waals surface area contributed by atoms with E-state index < -0.39 is 0 Å². The number of nitrogens with one attached hydrogen (secondary N) is 1. The third kappa shape index (κ3) is 3.03. The van der Waals surface area contributed by atoms with Gasteiger partial charge in [-0.2, -0.15) is 0 Å². The Bertz CT molecular complexity index is 444. The molecule has 18 heavy (non-hydrogen) atoms. The maximum Gasteiger partial charge on any atom is 0.255 e. The van der Waals surface area contributed by atoms with Crippen LogP contribution in [0.5, 0.6) is 5.75 Å². The van der Waals surface area contributed by atoms with E-state index in [0.717, 1.165) is 17.3 Å². The van der Waals surface area contributed by atoms with Gasteiger partial charge >= 0.3 is 0 Å². The molecule has 1 aromatic rings. The van der Waals surface area contributed by atoms with E-state index in [4.69, 9.17) is 4.74 Å². The van der Waals surface area contributed by atoms with Crippen molar-refractivity contribution < 1.29 is 14.6 Å². The molecule has 1 fully saturated rings. The minimum absolute atomic E-state index is 0.00335. The quantitative estimate of drug-likeness (QED) is 0.897. The third-order valence-corrected chi connectivity index (χ3v) is 3.53. The monoisotopic (exact) mass is 313 g/mol. The Labute approximate surface area is 114 Å². The number of benzene rings is 1. The Balaban J connectivity index is 1.91. The van der Waals surface area contributed by atoms with Gasteiger partial charge in [-0.3, -0.25) is 4.79 Å². The maximum absolute atomic E-state index is 12.0. The lowest BCUT2D eigenvalue weighted by molar-refractivity contribution is -0.00863. The predicted molar refractivity (Wildman–Crippen MR) is 71.7 cm³/mol. The predicted octanol–water partition coefficient (Wildman–Crippen LogP) is 2.45. The fourth-order valence-corrected chi connectivity index (χ4v) is 2.37. The largest absolute Gasteiger partial charge is 0.507 e. The lowest BCUT2D eigenvalue weighted by Gasteiger charge is -2.35. The SMILES string of the molecule is CCOC1CC(NC(=O)c2cc(Br)ccc2O)C1. The molecule has 1 aliphatic rings. The van der Waals surface area contributed by atoms with Gasteiger partial charge in [0, 0.05) is 17.1 Å². The lowest BCUT2D eigenvalue weighted by atomic mass is 9.89. The number of amides is 1. The number of hydrogen-bond donors (Lipinski definition) is 2. The number of halogens is 1. The number of aromatic hydroxyl groups is 1. The van der Waals surface area contributed by atoms with Gasteiger partial charge in [0.2, 0.25) is 0 Å². The average Bonchev–Trinajstić information content (AvgIpc) is 2.29. The van der Waals surface area contributed by atoms with Gasteiger partial charge in [-0.05, 0) is 38.0 Å². The summed E-state index contributed by atoms with van der Waals surface area (Å²) < 4.78 is 6.20. The molecule has 5 heteroatoms. The standard InChI is InChI=1S/C13H16BrNO3/c1-2-18-10-6-9(7-10)15-13(17)11-5-8(14)3-4-12(11)16/h3-5,9-10,16H,2,6-7H2,1H3,(H,15,17). The molecule has 1 aliphatic carbocycles. The van der Waals surface area contributed by atoms with Crippen LogP contribution >= 0.6 is 15.9 Å². The van der Waals surface area contributed by atoms with Gasteiger partial charge in [0.25, 0.3) is 5.91 Å². The first kappa shape index (κ1) is 13.4. The fraction of sp³-hybridized carbons (Fsp3) is 0.462. The van der Waals surface area contributed by atoms with Crippen LogP contribution in [-0.4, -0.2) is 29.8 Å². The lowest BCUT2D eigenvalue weighted by Crippen LogP contribution is -2.47. The molecule has 0 atom stereocenters. The van der Waals surface area contributed by atoms with Crippen LogP contribution in [0, 0.1) is 0 Å². The van der Waals surface area contributed by atoms with Gasteiger partial charge in [-0.25, -0.2) is 0 Å². The molecule has 1 aromatic carbocycles. The molecule has 0 radical (unpaired) electrons. The maximum atomic E-state index is 12.0. The zero-order valence-corrected chi connectivity index (χ0v) is 11.7. The van der Waals surface area contributed by atoms with Crippen LogP contribution in [0.4, 0.5) is 0 Å². The van der Waals surface area contributed by atoms with Crippen molar-refractivity contribution in [2.24, 2.45) is 0 Å². The molecular weight excluding hydrogens is 298 g/mol. The Hall–Kier alpha value is -1.07. The second-order valence-corrected chi connectivity index (χ2v) is 5.30. The van der Waals surface area contributed by atoms with Gasteiger partial charge in [-0.15, -0.1) is 0 Å². The molecule has 0 unspecified atom stereocenters. The van der Waals surface area contributed by atoms with E-state index in [2.05, 4.69) is 21.2 Å². The zero-order chi connectivity index (χ0) is 13.1. The second-order valence-electron chi connectivity index (χ2n) is 4.38. The number of hydrogen-bond acceptors (Lipinski definition) is 3. The van der Waals surface area contributed by atoms with Gasteiger partial charge in [0.15, 0.2) is 0 Å². The summed E-state index contributed by atoms with van der Waals surface area (Å²) in [5.74, 6) is -0.245. The van der Waals surface area contributed by atoms with Gasteiger partial charge in [0.05, 0.1) is 11.7 Å². The van der Waals surface area contributed by atoms with Crippen LogP contribution in [-0.2, 0) is 4.74 Å². The molecule has 0 heterocycles. The summed E-state index contributed by atoms with van der Waals surface area (Å²) >= 11 is 3.28. The Morgan fingerprint density at radius 1 is 1.56 bits per heavy atom. The van der Waals surface area contributed by atoms with Crippen molar-refractivity contribution in [1.29, 1.82) is 0 Å². The molecule has 0 saturated heterocycles. The Morgan fingerprint density at radius 3 is 2.94 bits per heavy atom. The summed E-state index contributed by atoms with van der Waals surface area (Å²) in [5.41, 5.74) is 0.296. The summed E-state index contributed by atoms with van der Waals surface area (Å²) in [7, 11) is 0. The topological polar surface area (TPSA) is 58.6 Å². The van der Waals surface area contributed by atoms with Crippen LogP contribution < -0.4 is 5.32 Å². The summed E-state index contributed by atoms with van der Waals surface area (Å²) in [6.45, 7) is 2.67. The first-order valence-corrected chi connectivity index (χ1v) is 6.80. The van der Waals surface area contributed by atoms with Crippen LogP contribution in [0.15, 0.2) is 22.7 Å². The molecule has 4 nitrogen and oxygen atoms in total. The van der Waals surface area contributed by atoms with E-state index in [1.807, 2.05) is 6.92 Å². The normalized spacial score (nSPS) is 22.3. The molecule has 0 spiro atoms. The molecule has 1 saturated carbocycles. The molecule has 98 valence electrons. The highest BCUT2D eigenvalue weighted by molar-refractivity contribution is 9.10. The highest BCUT2D eigenvalue weighted by Crippen LogP contribution is 2.26. The molecule has 0 aliphatic heterocycles. The van der Waals surface area contributed by atoms with E-state index in [-0.39, 0.29) is 23.8 Å². The zero-order valence-electron chi connectivity index (χ0n) is 10.1. The van der Waals surface area contributed by atoms with Crippen LogP contribution in [0.3, 0.4) is 0 Å². The molecule has 2 N–H and O–H groups in total. The van der Waals surface area contributed by atoms with E-state index in [1.165, 1.54) is 6.07 Å². The summed E-state index contributed by atoms with van der Waals surface area (Å²) in [4.78, 5) is 12.0. The summed E-state index contributed by atoms with van der Waals surface area (Å²) in [6, 6.07) is 4.96. The van der Waals surface area contributed by atoms with E-state index >= 15 is 0 Å². The van der Waals surface area contributed by atoms with Crippen LogP contribution in [0.2, 0.25) is 0 Å². The van der Waals surface area contributed by atoms with Crippen molar-refractivity contribution in [2.75, 3.05) is 6.61 Å². The first-order valence-electron chi connectivity index (χ1n) is 6.01. The highest BCUT2D eigenvalue weighted by atomic mass is 79.9. The number of rotatable bonds is 4. The summed E-state index contributed by atoms with van der Waals surface area (Å²) in [6.07, 6.45) is 1.94. The Kier molecular flexibility index (Phi) is 4.24. The molecular formula is C13H16BrNO3. The molecule has 1 amide bonds. The smallest absolute Gasteiger partial charge is 0.255 e. The van der Waals surface area contributed by atoms with Crippen molar-refractivity contribution >= 4 is 21.8 Å². The van der Waals surface area contributed by atoms with E-state index in [9.17, 15) is 9.90 Å². The van der Waals surface area contributed by atoms with Gasteiger partial charge in [0.1, 0.15) is 5.75 Å². The average molecular weight is 314 g/mol. The highest BCUT2D eigenvalue weighted by Gasteiger charge is 2.31. The van der Waals surface area contributed by atoms with Crippen LogP contribution in [0.25, 0.3) is 0 Å². The van der Waals surface area contributed by atoms with Crippen molar-refractivity contribution in [3.8, 4) is 5.75 Å². The van der Waals surface area contributed by atoms with E-state index in [0.29, 0.717) is 12.2 Å². The molecule has 0 bridgehead atoms. The number of phenols is 1. The van der Waals surface area contributed by atoms with Crippen molar-refractivity contribution in [2.45, 2.75) is 31.9 Å². The van der Waals surface area contributed by atoms with Crippen molar-refractivity contribution in [3.05, 3.63) is 28.2 Å². The van der Waals surface area contributed by atoms with Crippen LogP contribution in [0.1, 0.15) is 30.1 Å². The number of carbonyl (C=O) groups excluding carboxylic acids is 1. The van der Waals surface area contributed by atoms with Crippen molar-refractivity contribution in [3.63, 3.8) is 0 Å². The second kappa shape index (κ2) is 5.71. The number of ether oxygens (including phenoxy) is 1. The van der Waals surface area contributed by atoms with E-state index in [1.54, 1.807) is 12.1 Å². The molecule has 0 aromatic heterocycles.